The second kappa shape index (κ2) is 6.85. The van der Waals surface area contributed by atoms with Crippen molar-refractivity contribution >= 4 is 5.91 Å². The first kappa shape index (κ1) is 12.5. The highest BCUT2D eigenvalue weighted by Crippen LogP contribution is 2.12. The zero-order valence-corrected chi connectivity index (χ0v) is 9.66. The number of amides is 1. The van der Waals surface area contributed by atoms with Crippen LogP contribution in [0.4, 0.5) is 0 Å². The quantitative estimate of drug-likeness (QED) is 0.594. The van der Waals surface area contributed by atoms with Gasteiger partial charge >= 0.3 is 0 Å². The molecular weight excluding hydrogens is 206 g/mol. The molecule has 0 aromatic heterocycles. The number of hydrogen-bond donors (Lipinski definition) is 1. The number of ether oxygens (including phenoxy) is 1. The maximum absolute atomic E-state index is 11.3. The smallest absolute Gasteiger partial charge is 0.274 e. The molecular formula is C12H17NO3. The van der Waals surface area contributed by atoms with Crippen molar-refractivity contribution in [3.63, 3.8) is 0 Å². The third kappa shape index (κ3) is 3.90. The van der Waals surface area contributed by atoms with Crippen molar-refractivity contribution in [1.82, 2.24) is 5.48 Å². The van der Waals surface area contributed by atoms with Gasteiger partial charge in [-0.1, -0.05) is 13.3 Å². The van der Waals surface area contributed by atoms with Crippen LogP contribution in [0.2, 0.25) is 0 Å². The van der Waals surface area contributed by atoms with Gasteiger partial charge in [-0.2, -0.15) is 0 Å². The molecule has 0 atom stereocenters. The molecule has 1 aromatic carbocycles. The lowest BCUT2D eigenvalue weighted by Crippen LogP contribution is -2.21. The predicted octanol–water partition coefficient (Wildman–Crippen LogP) is 2.16. The molecule has 4 nitrogen and oxygen atoms in total. The van der Waals surface area contributed by atoms with Gasteiger partial charge in [0.15, 0.2) is 0 Å². The molecule has 88 valence electrons. The zero-order chi connectivity index (χ0) is 11.8. The summed E-state index contributed by atoms with van der Waals surface area (Å²) in [6.07, 6.45) is 2.14. The average Bonchev–Trinajstić information content (AvgIpc) is 2.30. The van der Waals surface area contributed by atoms with Gasteiger partial charge < -0.3 is 4.74 Å². The summed E-state index contributed by atoms with van der Waals surface area (Å²) in [6.45, 7) is 2.82. The number of nitrogens with one attached hydrogen (secondary N) is 1. The van der Waals surface area contributed by atoms with Crippen LogP contribution in [0.5, 0.6) is 5.75 Å². The monoisotopic (exact) mass is 223 g/mol. The van der Waals surface area contributed by atoms with Gasteiger partial charge in [-0.15, -0.1) is 0 Å². The number of rotatable bonds is 6. The van der Waals surface area contributed by atoms with E-state index in [4.69, 9.17) is 4.74 Å². The molecule has 0 saturated carbocycles. The van der Waals surface area contributed by atoms with Crippen LogP contribution in [0.1, 0.15) is 30.1 Å². The summed E-state index contributed by atoms with van der Waals surface area (Å²) in [5, 5.41) is 0. The molecule has 0 saturated heterocycles. The normalized spacial score (nSPS) is 9.88. The van der Waals surface area contributed by atoms with Crippen LogP contribution in [0.3, 0.4) is 0 Å². The van der Waals surface area contributed by atoms with Gasteiger partial charge in [0, 0.05) is 5.56 Å². The maximum atomic E-state index is 11.3. The highest BCUT2D eigenvalue weighted by atomic mass is 16.6. The molecule has 1 rings (SSSR count). The summed E-state index contributed by atoms with van der Waals surface area (Å²) in [5.41, 5.74) is 2.80. The van der Waals surface area contributed by atoms with E-state index in [1.54, 1.807) is 24.3 Å². The lowest BCUT2D eigenvalue weighted by Gasteiger charge is -2.06. The van der Waals surface area contributed by atoms with Gasteiger partial charge in [-0.05, 0) is 30.7 Å². The fourth-order valence-electron chi connectivity index (χ4n) is 1.19. The van der Waals surface area contributed by atoms with Crippen molar-refractivity contribution in [2.75, 3.05) is 13.7 Å². The third-order valence-corrected chi connectivity index (χ3v) is 2.08. The largest absolute Gasteiger partial charge is 0.494 e. The molecule has 0 fully saturated rings. The average molecular weight is 223 g/mol. The Balaban J connectivity index is 2.50. The Kier molecular flexibility index (Phi) is 5.36. The van der Waals surface area contributed by atoms with Gasteiger partial charge in [0.05, 0.1) is 13.7 Å². The van der Waals surface area contributed by atoms with E-state index in [1.165, 1.54) is 7.11 Å². The van der Waals surface area contributed by atoms with E-state index in [1.807, 2.05) is 0 Å². The molecule has 0 aliphatic rings. The van der Waals surface area contributed by atoms with E-state index in [-0.39, 0.29) is 5.91 Å². The van der Waals surface area contributed by atoms with E-state index in [2.05, 4.69) is 17.2 Å². The first-order valence-electron chi connectivity index (χ1n) is 5.34. The van der Waals surface area contributed by atoms with Gasteiger partial charge in [0.2, 0.25) is 0 Å². The second-order valence-corrected chi connectivity index (χ2v) is 3.36. The molecule has 16 heavy (non-hydrogen) atoms. The molecule has 1 amide bonds. The number of carbonyl (C=O) groups is 1. The molecule has 0 radical (unpaired) electrons. The van der Waals surface area contributed by atoms with Gasteiger partial charge in [-0.3, -0.25) is 9.63 Å². The Bertz CT molecular complexity index is 322. The van der Waals surface area contributed by atoms with Crippen LogP contribution in [-0.2, 0) is 4.84 Å². The van der Waals surface area contributed by atoms with Crippen molar-refractivity contribution in [2.45, 2.75) is 19.8 Å². The minimum atomic E-state index is -0.261. The van der Waals surface area contributed by atoms with Crippen LogP contribution in [-0.4, -0.2) is 19.6 Å². The van der Waals surface area contributed by atoms with Crippen molar-refractivity contribution in [3.05, 3.63) is 29.8 Å². The summed E-state index contributed by atoms with van der Waals surface area (Å²) in [7, 11) is 1.40. The van der Waals surface area contributed by atoms with Gasteiger partial charge in [0.1, 0.15) is 5.75 Å². The van der Waals surface area contributed by atoms with Crippen LogP contribution in [0, 0.1) is 0 Å². The zero-order valence-electron chi connectivity index (χ0n) is 9.66. The van der Waals surface area contributed by atoms with E-state index in [0.717, 1.165) is 18.6 Å². The Labute approximate surface area is 95.5 Å². The van der Waals surface area contributed by atoms with Crippen molar-refractivity contribution in [1.29, 1.82) is 0 Å². The molecule has 0 unspecified atom stereocenters. The number of hydroxylamine groups is 1. The SMILES string of the molecule is CCCCOc1ccc(C(=O)NOC)cc1. The highest BCUT2D eigenvalue weighted by molar-refractivity contribution is 5.93. The first-order chi connectivity index (χ1) is 7.77. The Morgan fingerprint density at radius 3 is 2.56 bits per heavy atom. The summed E-state index contributed by atoms with van der Waals surface area (Å²) in [5.74, 6) is 0.519. The van der Waals surface area contributed by atoms with E-state index < -0.39 is 0 Å². The third-order valence-electron chi connectivity index (χ3n) is 2.08. The van der Waals surface area contributed by atoms with Gasteiger partial charge in [0.25, 0.3) is 5.91 Å². The molecule has 0 aliphatic heterocycles. The fourth-order valence-corrected chi connectivity index (χ4v) is 1.19. The van der Waals surface area contributed by atoms with Crippen LogP contribution in [0.15, 0.2) is 24.3 Å². The van der Waals surface area contributed by atoms with E-state index in [9.17, 15) is 4.79 Å². The number of hydrogen-bond acceptors (Lipinski definition) is 3. The molecule has 1 N–H and O–H groups in total. The number of carbonyl (C=O) groups excluding carboxylic acids is 1. The summed E-state index contributed by atoms with van der Waals surface area (Å²) < 4.78 is 5.48. The Hall–Kier alpha value is -1.55. The topological polar surface area (TPSA) is 47.6 Å². The lowest BCUT2D eigenvalue weighted by molar-refractivity contribution is 0.0537. The Morgan fingerprint density at radius 2 is 2.00 bits per heavy atom. The standard InChI is InChI=1S/C12H17NO3/c1-3-4-9-16-11-7-5-10(6-8-11)12(14)13-15-2/h5-8H,3-4,9H2,1-2H3,(H,13,14). The summed E-state index contributed by atoms with van der Waals surface area (Å²) in [4.78, 5) is 15.9. The predicted molar refractivity (Wildman–Crippen MR) is 61.3 cm³/mol. The molecule has 0 aliphatic carbocycles. The second-order valence-electron chi connectivity index (χ2n) is 3.36. The number of benzene rings is 1. The van der Waals surface area contributed by atoms with Crippen molar-refractivity contribution < 1.29 is 14.4 Å². The van der Waals surface area contributed by atoms with Crippen LogP contribution < -0.4 is 10.2 Å². The van der Waals surface area contributed by atoms with Crippen LogP contribution >= 0.6 is 0 Å². The fraction of sp³-hybridized carbons (Fsp3) is 0.417. The van der Waals surface area contributed by atoms with Crippen LogP contribution in [0.25, 0.3) is 0 Å². The molecule has 0 spiro atoms. The highest BCUT2D eigenvalue weighted by Gasteiger charge is 2.04. The van der Waals surface area contributed by atoms with Crippen molar-refractivity contribution in [3.8, 4) is 5.75 Å². The minimum Gasteiger partial charge on any atom is -0.494 e. The van der Waals surface area contributed by atoms with Gasteiger partial charge in [-0.25, -0.2) is 5.48 Å². The van der Waals surface area contributed by atoms with E-state index in [0.29, 0.717) is 12.2 Å². The first-order valence-corrected chi connectivity index (χ1v) is 5.34. The molecule has 4 heteroatoms. The van der Waals surface area contributed by atoms with Crippen molar-refractivity contribution in [2.24, 2.45) is 0 Å². The summed E-state index contributed by atoms with van der Waals surface area (Å²) in [6, 6.07) is 6.96. The molecule has 1 aromatic rings. The lowest BCUT2D eigenvalue weighted by atomic mass is 10.2. The Morgan fingerprint density at radius 1 is 1.31 bits per heavy atom. The number of unbranched alkanes of at least 4 members (excludes halogenated alkanes) is 1. The summed E-state index contributed by atoms with van der Waals surface area (Å²) >= 11 is 0. The van der Waals surface area contributed by atoms with E-state index >= 15 is 0 Å². The molecule has 0 bridgehead atoms. The molecule has 0 heterocycles. The minimum absolute atomic E-state index is 0.261. The maximum Gasteiger partial charge on any atom is 0.274 e.